The van der Waals surface area contributed by atoms with Gasteiger partial charge in [0.25, 0.3) is 0 Å². The minimum Gasteiger partial charge on any atom is -1.00 e. The largest absolute Gasteiger partial charge is 1.00 e. The lowest BCUT2D eigenvalue weighted by molar-refractivity contribution is -0.945. The molecule has 0 aromatic heterocycles. The summed E-state index contributed by atoms with van der Waals surface area (Å²) in [6.45, 7) is 6.89. The normalized spacial score (nSPS) is 18.7. The Morgan fingerprint density at radius 3 is 2.08 bits per heavy atom. The number of quaternary nitrogens is 1. The van der Waals surface area contributed by atoms with Crippen molar-refractivity contribution in [2.45, 2.75) is 52.0 Å². The van der Waals surface area contributed by atoms with E-state index in [0.29, 0.717) is 0 Å². The van der Waals surface area contributed by atoms with Crippen LogP contribution in [-0.4, -0.2) is 19.1 Å². The van der Waals surface area contributed by atoms with Crippen molar-refractivity contribution in [2.75, 3.05) is 13.1 Å². The van der Waals surface area contributed by atoms with Gasteiger partial charge in [0.15, 0.2) is 0 Å². The van der Waals surface area contributed by atoms with Crippen LogP contribution in [-0.2, 0) is 0 Å². The lowest BCUT2D eigenvalue weighted by Gasteiger charge is -2.26. The molecular weight excluding hydrogens is 184 g/mol. The van der Waals surface area contributed by atoms with E-state index in [1.165, 1.54) is 45.2 Å². The van der Waals surface area contributed by atoms with Crippen LogP contribution in [0.4, 0.5) is 0 Å². The fraction of sp³-hybridized carbons (Fsp3) is 1.00. The van der Waals surface area contributed by atoms with E-state index in [-0.39, 0.29) is 12.4 Å². The molecule has 3 heteroatoms. The Kier molecular flexibility index (Phi) is 7.72. The van der Waals surface area contributed by atoms with Gasteiger partial charge in [0.05, 0.1) is 19.1 Å². The van der Waals surface area contributed by atoms with Crippen molar-refractivity contribution in [1.82, 2.24) is 5.43 Å². The second-order valence-corrected chi connectivity index (χ2v) is 3.79. The van der Waals surface area contributed by atoms with Crippen molar-refractivity contribution in [3.8, 4) is 0 Å². The molecule has 13 heavy (non-hydrogen) atoms. The van der Waals surface area contributed by atoms with Gasteiger partial charge >= 0.3 is 0 Å². The van der Waals surface area contributed by atoms with Gasteiger partial charge in [-0.15, -0.1) is 0 Å². The molecule has 1 fully saturated rings. The number of halogens is 1. The average molecular weight is 207 g/mol. The van der Waals surface area contributed by atoms with Gasteiger partial charge in [-0.25, -0.2) is 0 Å². The van der Waals surface area contributed by atoms with E-state index in [1.807, 2.05) is 0 Å². The van der Waals surface area contributed by atoms with Crippen molar-refractivity contribution < 1.29 is 17.4 Å². The van der Waals surface area contributed by atoms with Gasteiger partial charge < -0.3 is 12.4 Å². The summed E-state index contributed by atoms with van der Waals surface area (Å²) >= 11 is 0. The van der Waals surface area contributed by atoms with Gasteiger partial charge in [-0.05, 0) is 26.7 Å². The molecule has 1 saturated carbocycles. The van der Waals surface area contributed by atoms with Crippen molar-refractivity contribution in [2.24, 2.45) is 0 Å². The zero-order chi connectivity index (χ0) is 8.81. The Bertz CT molecular complexity index is 109. The minimum atomic E-state index is 0. The number of hydrogen-bond acceptors (Lipinski definition) is 1. The fourth-order valence-corrected chi connectivity index (χ4v) is 1.99. The highest BCUT2D eigenvalue weighted by molar-refractivity contribution is 4.67. The van der Waals surface area contributed by atoms with E-state index < -0.39 is 0 Å². The Hall–Kier alpha value is 0.210. The molecule has 1 aliphatic carbocycles. The first kappa shape index (κ1) is 13.2. The molecule has 1 rings (SSSR count). The molecule has 0 aliphatic heterocycles. The minimum absolute atomic E-state index is 0. The Labute approximate surface area is 88.5 Å². The third-order valence-electron chi connectivity index (χ3n) is 2.87. The van der Waals surface area contributed by atoms with Crippen LogP contribution in [0, 0.1) is 0 Å². The molecular formula is C10H23ClN2. The molecule has 1 aliphatic rings. The lowest BCUT2D eigenvalue weighted by atomic mass is 9.96. The summed E-state index contributed by atoms with van der Waals surface area (Å²) < 4.78 is 0. The maximum Gasteiger partial charge on any atom is 0.0917 e. The standard InChI is InChI=1S/C10H22N2.ClH/c1-3-12(4-2)11-10-8-6-5-7-9-10;/h10-11H,3-9H2,1-2H3;1H. The predicted octanol–water partition coefficient (Wildman–Crippen LogP) is -2.25. The molecule has 80 valence electrons. The zero-order valence-corrected chi connectivity index (χ0v) is 9.66. The van der Waals surface area contributed by atoms with Gasteiger partial charge in [-0.2, -0.15) is 5.43 Å². The monoisotopic (exact) mass is 206 g/mol. The third-order valence-corrected chi connectivity index (χ3v) is 2.87. The number of nitrogens with one attached hydrogen (secondary N) is 2. The molecule has 0 radical (unpaired) electrons. The van der Waals surface area contributed by atoms with Crippen molar-refractivity contribution in [1.29, 1.82) is 0 Å². The summed E-state index contributed by atoms with van der Waals surface area (Å²) in [5, 5.41) is 1.54. The van der Waals surface area contributed by atoms with Crippen LogP contribution in [0.5, 0.6) is 0 Å². The zero-order valence-electron chi connectivity index (χ0n) is 8.91. The van der Waals surface area contributed by atoms with E-state index in [0.717, 1.165) is 6.04 Å². The van der Waals surface area contributed by atoms with E-state index in [4.69, 9.17) is 0 Å². The van der Waals surface area contributed by atoms with Crippen LogP contribution in [0.15, 0.2) is 0 Å². The van der Waals surface area contributed by atoms with Crippen LogP contribution in [0.2, 0.25) is 0 Å². The Balaban J connectivity index is 0.00000144. The SMILES string of the molecule is CC[NH+](CC)NC1CCCCC1.[Cl-]. The molecule has 0 aromatic carbocycles. The fourth-order valence-electron chi connectivity index (χ4n) is 1.99. The second-order valence-electron chi connectivity index (χ2n) is 3.79. The number of rotatable bonds is 4. The molecule has 0 bridgehead atoms. The molecule has 0 amide bonds. The summed E-state index contributed by atoms with van der Waals surface area (Å²) in [4.78, 5) is 0. The highest BCUT2D eigenvalue weighted by atomic mass is 35.5. The van der Waals surface area contributed by atoms with Crippen molar-refractivity contribution >= 4 is 0 Å². The van der Waals surface area contributed by atoms with E-state index in [2.05, 4.69) is 19.3 Å². The maximum absolute atomic E-state index is 3.67. The van der Waals surface area contributed by atoms with Crippen molar-refractivity contribution in [3.05, 3.63) is 0 Å². The van der Waals surface area contributed by atoms with Gasteiger partial charge in [0, 0.05) is 0 Å². The van der Waals surface area contributed by atoms with Gasteiger partial charge in [-0.3, -0.25) is 5.01 Å². The van der Waals surface area contributed by atoms with E-state index >= 15 is 0 Å². The molecule has 2 N–H and O–H groups in total. The van der Waals surface area contributed by atoms with E-state index in [9.17, 15) is 0 Å². The van der Waals surface area contributed by atoms with Gasteiger partial charge in [0.2, 0.25) is 0 Å². The number of hydrogen-bond donors (Lipinski definition) is 2. The molecule has 0 spiro atoms. The quantitative estimate of drug-likeness (QED) is 0.498. The first-order valence-corrected chi connectivity index (χ1v) is 5.48. The second kappa shape index (κ2) is 7.60. The third kappa shape index (κ3) is 4.84. The van der Waals surface area contributed by atoms with Gasteiger partial charge in [0.1, 0.15) is 0 Å². The van der Waals surface area contributed by atoms with Crippen LogP contribution >= 0.6 is 0 Å². The molecule has 0 unspecified atom stereocenters. The highest BCUT2D eigenvalue weighted by Gasteiger charge is 2.16. The first-order valence-electron chi connectivity index (χ1n) is 5.48. The molecule has 2 nitrogen and oxygen atoms in total. The highest BCUT2D eigenvalue weighted by Crippen LogP contribution is 2.16. The van der Waals surface area contributed by atoms with Crippen LogP contribution in [0.3, 0.4) is 0 Å². The maximum atomic E-state index is 3.67. The molecule has 0 aromatic rings. The smallest absolute Gasteiger partial charge is 0.0917 e. The van der Waals surface area contributed by atoms with Crippen LogP contribution in [0.25, 0.3) is 0 Å². The van der Waals surface area contributed by atoms with Crippen molar-refractivity contribution in [3.63, 3.8) is 0 Å². The summed E-state index contributed by atoms with van der Waals surface area (Å²) in [5.74, 6) is 0. The topological polar surface area (TPSA) is 16.5 Å². The first-order chi connectivity index (χ1) is 5.86. The molecule has 0 atom stereocenters. The van der Waals surface area contributed by atoms with Crippen LogP contribution < -0.4 is 22.8 Å². The average Bonchev–Trinajstić information content (AvgIpc) is 2.16. The summed E-state index contributed by atoms with van der Waals surface area (Å²) in [6, 6.07) is 0.800. The summed E-state index contributed by atoms with van der Waals surface area (Å²) in [6.07, 6.45) is 7.09. The molecule has 0 heterocycles. The van der Waals surface area contributed by atoms with E-state index in [1.54, 1.807) is 5.01 Å². The van der Waals surface area contributed by atoms with Crippen LogP contribution in [0.1, 0.15) is 46.0 Å². The summed E-state index contributed by atoms with van der Waals surface area (Å²) in [7, 11) is 0. The Morgan fingerprint density at radius 1 is 1.08 bits per heavy atom. The lowest BCUT2D eigenvalue weighted by Crippen LogP contribution is -3.18. The molecule has 0 saturated heterocycles. The predicted molar refractivity (Wildman–Crippen MR) is 52.1 cm³/mol. The summed E-state index contributed by atoms with van der Waals surface area (Å²) in [5.41, 5.74) is 3.67. The Morgan fingerprint density at radius 2 is 1.62 bits per heavy atom. The van der Waals surface area contributed by atoms with Gasteiger partial charge in [-0.1, -0.05) is 19.3 Å².